The van der Waals surface area contributed by atoms with Crippen LogP contribution in [-0.4, -0.2) is 76.2 Å². The van der Waals surface area contributed by atoms with Crippen LogP contribution in [0.4, 0.5) is 0 Å². The topological polar surface area (TPSA) is 255 Å². The molecule has 3 atom stereocenters. The Morgan fingerprint density at radius 2 is 1.25 bits per heavy atom. The molecule has 0 radical (unpaired) electrons. The second-order valence-electron chi connectivity index (χ2n) is 9.03. The van der Waals surface area contributed by atoms with Crippen LogP contribution in [0.5, 0.6) is 11.5 Å². The predicted octanol–water partition coefficient (Wildman–Crippen LogP) is -1.57. The lowest BCUT2D eigenvalue weighted by molar-refractivity contribution is -0.138. The first-order valence-electron chi connectivity index (χ1n) is 12.4. The first-order chi connectivity index (χ1) is 18.9. The van der Waals surface area contributed by atoms with Gasteiger partial charge in [-0.25, -0.2) is 0 Å². The van der Waals surface area contributed by atoms with Gasteiger partial charge in [-0.05, 0) is 48.2 Å². The molecule has 0 saturated heterocycles. The summed E-state index contributed by atoms with van der Waals surface area (Å²) >= 11 is 0. The van der Waals surface area contributed by atoms with E-state index in [2.05, 4.69) is 20.9 Å². The lowest BCUT2D eigenvalue weighted by atomic mass is 10.0. The summed E-state index contributed by atoms with van der Waals surface area (Å²) in [5.41, 5.74) is 17.8. The molecule has 12 N–H and O–H groups in total. The molecule has 0 spiro atoms. The number of carbonyl (C=O) groups is 4. The average molecular weight is 558 g/mol. The van der Waals surface area contributed by atoms with Crippen molar-refractivity contribution in [1.82, 2.24) is 16.0 Å². The third kappa shape index (κ3) is 11.3. The Hall–Kier alpha value is -4.85. The summed E-state index contributed by atoms with van der Waals surface area (Å²) < 4.78 is 0. The monoisotopic (exact) mass is 557 g/mol. The minimum Gasteiger partial charge on any atom is -0.508 e. The van der Waals surface area contributed by atoms with Crippen LogP contribution < -0.4 is 33.2 Å². The number of phenolic OH excluding ortho intramolecular Hbond substituents is 2. The van der Waals surface area contributed by atoms with Crippen molar-refractivity contribution in [1.29, 1.82) is 0 Å². The zero-order valence-electron chi connectivity index (χ0n) is 21.7. The standard InChI is InChI=1S/C26H35N7O7/c27-19(2-1-11-30-26(28)29)23(38)32-21(13-16-5-9-18(35)10-6-16)25(40)33-20(24(39)31-14-22(36)37)12-15-3-7-17(34)8-4-15/h3-10,19-21,34-35H,1-2,11-14,27H2,(H,31,39)(H,32,38)(H,33,40)(H,36,37)(H4,28,29,30). The van der Waals surface area contributed by atoms with E-state index in [0.717, 1.165) is 0 Å². The second-order valence-corrected chi connectivity index (χ2v) is 9.03. The van der Waals surface area contributed by atoms with E-state index in [1.54, 1.807) is 24.3 Å². The van der Waals surface area contributed by atoms with E-state index >= 15 is 0 Å². The van der Waals surface area contributed by atoms with Crippen LogP contribution in [0, 0.1) is 0 Å². The lowest BCUT2D eigenvalue weighted by Crippen LogP contribution is -2.57. The Morgan fingerprint density at radius 3 is 1.73 bits per heavy atom. The highest BCUT2D eigenvalue weighted by Crippen LogP contribution is 2.14. The Morgan fingerprint density at radius 1 is 0.775 bits per heavy atom. The number of amides is 3. The number of nitrogens with zero attached hydrogens (tertiary/aromatic N) is 1. The van der Waals surface area contributed by atoms with Crippen molar-refractivity contribution >= 4 is 29.7 Å². The van der Waals surface area contributed by atoms with Gasteiger partial charge in [-0.2, -0.15) is 0 Å². The van der Waals surface area contributed by atoms with Gasteiger partial charge in [-0.15, -0.1) is 0 Å². The Labute approximate surface area is 230 Å². The van der Waals surface area contributed by atoms with Crippen LogP contribution in [0.25, 0.3) is 0 Å². The number of aliphatic carboxylic acids is 1. The van der Waals surface area contributed by atoms with Crippen LogP contribution in [0.2, 0.25) is 0 Å². The molecule has 0 aliphatic heterocycles. The molecule has 216 valence electrons. The van der Waals surface area contributed by atoms with E-state index in [4.69, 9.17) is 22.3 Å². The summed E-state index contributed by atoms with van der Waals surface area (Å²) in [5.74, 6) is -3.42. The lowest BCUT2D eigenvalue weighted by Gasteiger charge is -2.24. The van der Waals surface area contributed by atoms with E-state index < -0.39 is 48.4 Å². The van der Waals surface area contributed by atoms with Gasteiger partial charge in [0, 0.05) is 19.4 Å². The molecule has 0 saturated carbocycles. The zero-order valence-corrected chi connectivity index (χ0v) is 21.7. The summed E-state index contributed by atoms with van der Waals surface area (Å²) in [6.45, 7) is -0.395. The first-order valence-corrected chi connectivity index (χ1v) is 12.4. The molecule has 3 unspecified atom stereocenters. The summed E-state index contributed by atoms with van der Waals surface area (Å²) in [6, 6.07) is 8.57. The zero-order chi connectivity index (χ0) is 29.7. The molecule has 0 fully saturated rings. The van der Waals surface area contributed by atoms with Crippen LogP contribution in [0.15, 0.2) is 53.5 Å². The highest BCUT2D eigenvalue weighted by Gasteiger charge is 2.29. The number of benzene rings is 2. The molecule has 40 heavy (non-hydrogen) atoms. The highest BCUT2D eigenvalue weighted by atomic mass is 16.4. The normalized spacial score (nSPS) is 12.8. The third-order valence-electron chi connectivity index (χ3n) is 5.74. The maximum atomic E-state index is 13.4. The van der Waals surface area contributed by atoms with Crippen molar-refractivity contribution in [2.75, 3.05) is 13.1 Å². The molecule has 0 aliphatic carbocycles. The molecule has 0 bridgehead atoms. The average Bonchev–Trinajstić information content (AvgIpc) is 2.90. The molecular weight excluding hydrogens is 522 g/mol. The number of aromatic hydroxyl groups is 2. The summed E-state index contributed by atoms with van der Waals surface area (Å²) in [5, 5.41) is 35.5. The van der Waals surface area contributed by atoms with E-state index in [1.165, 1.54) is 24.3 Å². The largest absolute Gasteiger partial charge is 0.508 e. The van der Waals surface area contributed by atoms with E-state index in [0.29, 0.717) is 17.5 Å². The smallest absolute Gasteiger partial charge is 0.322 e. The molecule has 2 aromatic carbocycles. The van der Waals surface area contributed by atoms with Crippen molar-refractivity contribution in [3.05, 3.63) is 59.7 Å². The van der Waals surface area contributed by atoms with Crippen molar-refractivity contribution in [3.8, 4) is 11.5 Å². The van der Waals surface area contributed by atoms with Gasteiger partial charge in [0.05, 0.1) is 6.04 Å². The van der Waals surface area contributed by atoms with E-state index in [9.17, 15) is 29.4 Å². The molecule has 2 aromatic rings. The van der Waals surface area contributed by atoms with Gasteiger partial charge >= 0.3 is 5.97 Å². The van der Waals surface area contributed by atoms with E-state index in [1.807, 2.05) is 0 Å². The maximum absolute atomic E-state index is 13.4. The van der Waals surface area contributed by atoms with Crippen LogP contribution >= 0.6 is 0 Å². The van der Waals surface area contributed by atoms with Crippen molar-refractivity contribution in [2.24, 2.45) is 22.2 Å². The molecule has 2 rings (SSSR count). The van der Waals surface area contributed by atoms with Crippen molar-refractivity contribution in [3.63, 3.8) is 0 Å². The minimum atomic E-state index is -1.27. The third-order valence-corrected chi connectivity index (χ3v) is 5.74. The fourth-order valence-corrected chi connectivity index (χ4v) is 3.64. The second kappa shape index (κ2) is 15.5. The Balaban J connectivity index is 2.22. The summed E-state index contributed by atoms with van der Waals surface area (Å²) in [6.07, 6.45) is 0.625. The van der Waals surface area contributed by atoms with Gasteiger partial charge in [-0.3, -0.25) is 24.2 Å². The molecule has 3 amide bonds. The summed E-state index contributed by atoms with van der Waals surface area (Å²) in [4.78, 5) is 53.8. The quantitative estimate of drug-likeness (QED) is 0.0690. The number of hydrogen-bond donors (Lipinski definition) is 9. The number of aliphatic imine (C=N–C) groups is 1. The number of carboxylic acid groups (broad SMARTS) is 1. The molecule has 0 aromatic heterocycles. The van der Waals surface area contributed by atoms with Crippen LogP contribution in [0.3, 0.4) is 0 Å². The predicted molar refractivity (Wildman–Crippen MR) is 146 cm³/mol. The van der Waals surface area contributed by atoms with Gasteiger partial charge in [0.15, 0.2) is 5.96 Å². The first kappa shape index (κ1) is 31.4. The Kier molecular flexibility index (Phi) is 12.2. The molecule has 14 heteroatoms. The number of nitrogens with one attached hydrogen (secondary N) is 3. The van der Waals surface area contributed by atoms with Gasteiger partial charge < -0.3 is 48.5 Å². The number of hydrogen-bond acceptors (Lipinski definition) is 8. The van der Waals surface area contributed by atoms with Gasteiger partial charge in [0.2, 0.25) is 17.7 Å². The molecule has 0 heterocycles. The number of carbonyl (C=O) groups excluding carboxylic acids is 3. The SMILES string of the molecule is NC(N)=NCCCC(N)C(=O)NC(Cc1ccc(O)cc1)C(=O)NC(Cc1ccc(O)cc1)C(=O)NCC(=O)O. The van der Waals surface area contributed by atoms with Crippen LogP contribution in [0.1, 0.15) is 24.0 Å². The number of phenols is 2. The fraction of sp³-hybridized carbons (Fsp3) is 0.346. The Bertz CT molecular complexity index is 1180. The fourth-order valence-electron chi connectivity index (χ4n) is 3.64. The molecule has 0 aliphatic rings. The summed E-state index contributed by atoms with van der Waals surface area (Å²) in [7, 11) is 0. The van der Waals surface area contributed by atoms with E-state index in [-0.39, 0.29) is 43.3 Å². The van der Waals surface area contributed by atoms with Gasteiger partial charge in [-0.1, -0.05) is 24.3 Å². The number of guanidine groups is 1. The number of carboxylic acids is 1. The number of nitrogens with two attached hydrogens (primary N) is 3. The van der Waals surface area contributed by atoms with Crippen molar-refractivity contribution < 1.29 is 34.5 Å². The maximum Gasteiger partial charge on any atom is 0.322 e. The van der Waals surface area contributed by atoms with Crippen molar-refractivity contribution in [2.45, 2.75) is 43.8 Å². The molecule has 14 nitrogen and oxygen atoms in total. The van der Waals surface area contributed by atoms with Gasteiger partial charge in [0.1, 0.15) is 30.1 Å². The number of rotatable bonds is 15. The minimum absolute atomic E-state index is 0.00124. The highest BCUT2D eigenvalue weighted by molar-refractivity contribution is 5.94. The molecular formula is C26H35N7O7. The van der Waals surface area contributed by atoms with Gasteiger partial charge in [0.25, 0.3) is 0 Å². The van der Waals surface area contributed by atoms with Crippen LogP contribution in [-0.2, 0) is 32.0 Å².